The first-order valence-corrected chi connectivity index (χ1v) is 5.95. The molecule has 74 valence electrons. The Morgan fingerprint density at radius 1 is 1.23 bits per heavy atom. The number of halogens is 1. The third kappa shape index (κ3) is 2.55. The summed E-state index contributed by atoms with van der Waals surface area (Å²) in [6, 6.07) is 0. The molecule has 1 aliphatic carbocycles. The number of allylic oxidation sites excluding steroid dienone is 1. The van der Waals surface area contributed by atoms with Gasteiger partial charge in [0, 0.05) is 32.7 Å². The van der Waals surface area contributed by atoms with Gasteiger partial charge in [-0.25, -0.2) is 0 Å². The van der Waals surface area contributed by atoms with Gasteiger partial charge in [0.1, 0.15) is 0 Å². The van der Waals surface area contributed by atoms with E-state index in [0.29, 0.717) is 0 Å². The Kier molecular flexibility index (Phi) is 3.41. The third-order valence-corrected chi connectivity index (χ3v) is 3.84. The van der Waals surface area contributed by atoms with Crippen LogP contribution >= 0.6 is 15.9 Å². The molecule has 0 unspecified atom stereocenters. The number of hydrogen-bond donors (Lipinski definition) is 1. The van der Waals surface area contributed by atoms with Crippen LogP contribution in [0.15, 0.2) is 10.1 Å². The molecule has 0 amide bonds. The van der Waals surface area contributed by atoms with Crippen molar-refractivity contribution in [2.24, 2.45) is 0 Å². The average molecular weight is 245 g/mol. The van der Waals surface area contributed by atoms with Crippen LogP contribution in [0.4, 0.5) is 0 Å². The summed E-state index contributed by atoms with van der Waals surface area (Å²) in [7, 11) is 0. The van der Waals surface area contributed by atoms with Crippen LogP contribution in [-0.2, 0) is 0 Å². The molecule has 2 rings (SSSR count). The molecule has 1 N–H and O–H groups in total. The van der Waals surface area contributed by atoms with Crippen molar-refractivity contribution in [3.63, 3.8) is 0 Å². The zero-order valence-corrected chi connectivity index (χ0v) is 9.57. The maximum atomic E-state index is 3.67. The van der Waals surface area contributed by atoms with Crippen LogP contribution < -0.4 is 5.32 Å². The van der Waals surface area contributed by atoms with Crippen molar-refractivity contribution in [3.05, 3.63) is 10.1 Å². The predicted molar refractivity (Wildman–Crippen MR) is 59.1 cm³/mol. The number of hydrogen-bond acceptors (Lipinski definition) is 2. The zero-order chi connectivity index (χ0) is 9.10. The van der Waals surface area contributed by atoms with Crippen LogP contribution in [0.25, 0.3) is 0 Å². The zero-order valence-electron chi connectivity index (χ0n) is 7.98. The molecular weight excluding hydrogens is 228 g/mol. The summed E-state index contributed by atoms with van der Waals surface area (Å²) in [4.78, 5) is 2.55. The van der Waals surface area contributed by atoms with Crippen molar-refractivity contribution in [2.45, 2.75) is 19.3 Å². The molecule has 13 heavy (non-hydrogen) atoms. The number of nitrogens with one attached hydrogen (secondary N) is 1. The molecule has 0 saturated carbocycles. The van der Waals surface area contributed by atoms with E-state index in [9.17, 15) is 0 Å². The van der Waals surface area contributed by atoms with Gasteiger partial charge in [0.05, 0.1) is 0 Å². The van der Waals surface area contributed by atoms with Crippen LogP contribution in [0.3, 0.4) is 0 Å². The first kappa shape index (κ1) is 9.69. The minimum atomic E-state index is 1.16. The fraction of sp³-hybridized carbons (Fsp3) is 0.800. The first-order chi connectivity index (χ1) is 6.36. The van der Waals surface area contributed by atoms with Crippen LogP contribution in [0.1, 0.15) is 19.3 Å². The fourth-order valence-electron chi connectivity index (χ4n) is 2.07. The van der Waals surface area contributed by atoms with Crippen LogP contribution in [-0.4, -0.2) is 37.6 Å². The maximum absolute atomic E-state index is 3.67. The Morgan fingerprint density at radius 2 is 2.00 bits per heavy atom. The summed E-state index contributed by atoms with van der Waals surface area (Å²) in [5, 5.41) is 3.38. The Hall–Kier alpha value is 0.140. The van der Waals surface area contributed by atoms with Gasteiger partial charge in [0.25, 0.3) is 0 Å². The van der Waals surface area contributed by atoms with Crippen molar-refractivity contribution < 1.29 is 0 Å². The Morgan fingerprint density at radius 3 is 2.62 bits per heavy atom. The third-order valence-electron chi connectivity index (χ3n) is 2.88. The molecule has 0 radical (unpaired) electrons. The topological polar surface area (TPSA) is 15.3 Å². The van der Waals surface area contributed by atoms with E-state index in [0.717, 1.165) is 13.1 Å². The second-order valence-corrected chi connectivity index (χ2v) is 4.85. The normalized spacial score (nSPS) is 25.6. The summed E-state index contributed by atoms with van der Waals surface area (Å²) in [5.41, 5.74) is 1.64. The Balaban J connectivity index is 1.85. The molecule has 1 saturated heterocycles. The summed E-state index contributed by atoms with van der Waals surface area (Å²) in [5.74, 6) is 0. The Bertz CT molecular complexity index is 207. The van der Waals surface area contributed by atoms with Gasteiger partial charge in [-0.3, -0.25) is 4.90 Å². The highest BCUT2D eigenvalue weighted by Gasteiger charge is 2.16. The van der Waals surface area contributed by atoms with Gasteiger partial charge < -0.3 is 5.32 Å². The lowest BCUT2D eigenvalue weighted by Crippen LogP contribution is -2.44. The number of rotatable bonds is 2. The predicted octanol–water partition coefficient (Wildman–Crippen LogP) is 1.72. The lowest BCUT2D eigenvalue weighted by molar-refractivity contribution is 0.258. The van der Waals surface area contributed by atoms with Crippen molar-refractivity contribution in [3.8, 4) is 0 Å². The molecule has 0 aromatic heterocycles. The average Bonchev–Trinajstić information content (AvgIpc) is 2.54. The van der Waals surface area contributed by atoms with Gasteiger partial charge in [0.2, 0.25) is 0 Å². The van der Waals surface area contributed by atoms with E-state index in [2.05, 4.69) is 26.1 Å². The molecule has 0 atom stereocenters. The van der Waals surface area contributed by atoms with E-state index in [1.54, 1.807) is 5.57 Å². The van der Waals surface area contributed by atoms with Gasteiger partial charge in [-0.05, 0) is 29.3 Å². The molecule has 0 spiro atoms. The van der Waals surface area contributed by atoms with E-state index in [1.165, 1.54) is 43.4 Å². The molecule has 1 aliphatic heterocycles. The van der Waals surface area contributed by atoms with Crippen molar-refractivity contribution >= 4 is 15.9 Å². The van der Waals surface area contributed by atoms with Crippen molar-refractivity contribution in [1.82, 2.24) is 10.2 Å². The number of piperazine rings is 1. The van der Waals surface area contributed by atoms with Gasteiger partial charge in [0.15, 0.2) is 0 Å². The van der Waals surface area contributed by atoms with E-state index in [4.69, 9.17) is 0 Å². The van der Waals surface area contributed by atoms with E-state index < -0.39 is 0 Å². The molecule has 2 aliphatic rings. The van der Waals surface area contributed by atoms with E-state index >= 15 is 0 Å². The molecular formula is C10H17BrN2. The maximum Gasteiger partial charge on any atom is 0.0204 e. The summed E-state index contributed by atoms with van der Waals surface area (Å²) in [6.45, 7) is 5.94. The van der Waals surface area contributed by atoms with Gasteiger partial charge >= 0.3 is 0 Å². The molecule has 2 nitrogen and oxygen atoms in total. The highest BCUT2D eigenvalue weighted by molar-refractivity contribution is 9.11. The second kappa shape index (κ2) is 4.58. The van der Waals surface area contributed by atoms with E-state index in [1.807, 2.05) is 0 Å². The molecule has 0 aromatic rings. The summed E-state index contributed by atoms with van der Waals surface area (Å²) >= 11 is 3.67. The fourth-order valence-corrected chi connectivity index (χ4v) is 2.68. The SMILES string of the molecule is BrC1=C(CN2CCNCC2)CCC1. The Labute approximate surface area is 88.5 Å². The number of nitrogens with zero attached hydrogens (tertiary/aromatic N) is 1. The van der Waals surface area contributed by atoms with Crippen LogP contribution in [0, 0.1) is 0 Å². The van der Waals surface area contributed by atoms with Gasteiger partial charge in [-0.2, -0.15) is 0 Å². The van der Waals surface area contributed by atoms with Crippen molar-refractivity contribution in [1.29, 1.82) is 0 Å². The van der Waals surface area contributed by atoms with E-state index in [-0.39, 0.29) is 0 Å². The molecule has 1 heterocycles. The highest BCUT2D eigenvalue weighted by atomic mass is 79.9. The lowest BCUT2D eigenvalue weighted by atomic mass is 10.2. The first-order valence-electron chi connectivity index (χ1n) is 5.16. The standard InChI is InChI=1S/C10H17BrN2/c11-10-3-1-2-9(10)8-13-6-4-12-5-7-13/h12H,1-8H2. The lowest BCUT2D eigenvalue weighted by Gasteiger charge is -2.27. The largest absolute Gasteiger partial charge is 0.314 e. The molecule has 0 aromatic carbocycles. The summed E-state index contributed by atoms with van der Waals surface area (Å²) in [6.07, 6.45) is 3.92. The van der Waals surface area contributed by atoms with Crippen LogP contribution in [0.5, 0.6) is 0 Å². The molecule has 3 heteroatoms. The molecule has 0 bridgehead atoms. The quantitative estimate of drug-likeness (QED) is 0.797. The highest BCUT2D eigenvalue weighted by Crippen LogP contribution is 2.30. The summed E-state index contributed by atoms with van der Waals surface area (Å²) < 4.78 is 1.48. The van der Waals surface area contributed by atoms with Gasteiger partial charge in [-0.1, -0.05) is 15.9 Å². The minimum absolute atomic E-state index is 1.16. The second-order valence-electron chi connectivity index (χ2n) is 3.89. The smallest absolute Gasteiger partial charge is 0.0204 e. The van der Waals surface area contributed by atoms with Crippen LogP contribution in [0.2, 0.25) is 0 Å². The molecule has 1 fully saturated rings. The van der Waals surface area contributed by atoms with Crippen molar-refractivity contribution in [2.75, 3.05) is 32.7 Å². The minimum Gasteiger partial charge on any atom is -0.314 e. The van der Waals surface area contributed by atoms with Gasteiger partial charge in [-0.15, -0.1) is 0 Å². The monoisotopic (exact) mass is 244 g/mol.